The zero-order chi connectivity index (χ0) is 13.1. The summed E-state index contributed by atoms with van der Waals surface area (Å²) >= 11 is 0. The highest BCUT2D eigenvalue weighted by atomic mass is 16.6. The Hall–Kier alpha value is -1.46. The number of aliphatic hydroxyl groups excluding tert-OH is 1. The number of fused-ring (bicyclic) bond motifs is 1. The number of ether oxygens (including phenoxy) is 2. The Labute approximate surface area is 113 Å². The quantitative estimate of drug-likeness (QED) is 0.828. The molecule has 2 aliphatic rings. The van der Waals surface area contributed by atoms with Crippen molar-refractivity contribution in [3.63, 3.8) is 0 Å². The summed E-state index contributed by atoms with van der Waals surface area (Å²) in [5.74, 6) is 1.67. The fourth-order valence-corrected chi connectivity index (χ4v) is 2.60. The molecule has 0 bridgehead atoms. The van der Waals surface area contributed by atoms with Crippen LogP contribution in [0.15, 0.2) is 12.1 Å². The minimum absolute atomic E-state index is 0.153. The third-order valence-electron chi connectivity index (χ3n) is 3.54. The van der Waals surface area contributed by atoms with E-state index in [0.717, 1.165) is 48.9 Å². The van der Waals surface area contributed by atoms with E-state index in [-0.39, 0.29) is 6.61 Å². The van der Waals surface area contributed by atoms with Crippen molar-refractivity contribution in [1.82, 2.24) is 5.32 Å². The molecule has 0 amide bonds. The number of aliphatic hydroxyl groups is 1. The fraction of sp³-hybridized carbons (Fsp3) is 0.571. The van der Waals surface area contributed by atoms with Gasteiger partial charge in [-0.15, -0.1) is 0 Å². The van der Waals surface area contributed by atoms with Crippen molar-refractivity contribution < 1.29 is 14.6 Å². The van der Waals surface area contributed by atoms with Crippen LogP contribution < -0.4 is 19.7 Å². The van der Waals surface area contributed by atoms with Gasteiger partial charge >= 0.3 is 0 Å². The zero-order valence-corrected chi connectivity index (χ0v) is 11.0. The summed E-state index contributed by atoms with van der Waals surface area (Å²) in [5.41, 5.74) is 2.20. The predicted octanol–water partition coefficient (Wildman–Crippen LogP) is 0.402. The lowest BCUT2D eigenvalue weighted by atomic mass is 10.1. The molecule has 104 valence electrons. The van der Waals surface area contributed by atoms with Gasteiger partial charge in [-0.2, -0.15) is 0 Å². The average molecular weight is 264 g/mol. The lowest BCUT2D eigenvalue weighted by molar-refractivity contribution is 0.171. The van der Waals surface area contributed by atoms with Crippen LogP contribution in [-0.2, 0) is 6.42 Å². The van der Waals surface area contributed by atoms with Crippen molar-refractivity contribution in [2.75, 3.05) is 50.9 Å². The summed E-state index contributed by atoms with van der Waals surface area (Å²) in [5, 5.41) is 12.5. The predicted molar refractivity (Wildman–Crippen MR) is 73.3 cm³/mol. The number of hydrogen-bond donors (Lipinski definition) is 2. The Kier molecular flexibility index (Phi) is 3.75. The second kappa shape index (κ2) is 5.67. The van der Waals surface area contributed by atoms with Gasteiger partial charge in [0.15, 0.2) is 11.5 Å². The highest BCUT2D eigenvalue weighted by Gasteiger charge is 2.22. The highest BCUT2D eigenvalue weighted by molar-refractivity contribution is 5.67. The van der Waals surface area contributed by atoms with Crippen LogP contribution in [0.3, 0.4) is 0 Å². The molecule has 2 N–H and O–H groups in total. The number of nitrogens with one attached hydrogen (secondary N) is 1. The van der Waals surface area contributed by atoms with Gasteiger partial charge in [-0.1, -0.05) is 0 Å². The Morgan fingerprint density at radius 2 is 1.95 bits per heavy atom. The van der Waals surface area contributed by atoms with Crippen LogP contribution in [0.2, 0.25) is 0 Å². The van der Waals surface area contributed by atoms with Crippen molar-refractivity contribution in [1.29, 1.82) is 0 Å². The van der Waals surface area contributed by atoms with Crippen molar-refractivity contribution in [3.8, 4) is 11.5 Å². The van der Waals surface area contributed by atoms with Gasteiger partial charge < -0.3 is 24.8 Å². The number of hydrogen-bond acceptors (Lipinski definition) is 5. The maximum absolute atomic E-state index is 9.13. The van der Waals surface area contributed by atoms with Crippen LogP contribution in [0, 0.1) is 0 Å². The molecule has 19 heavy (non-hydrogen) atoms. The molecule has 0 radical (unpaired) electrons. The first kappa shape index (κ1) is 12.6. The summed E-state index contributed by atoms with van der Waals surface area (Å²) in [7, 11) is 0. The Balaban J connectivity index is 1.96. The molecule has 5 heteroatoms. The molecule has 2 aliphatic heterocycles. The van der Waals surface area contributed by atoms with Gasteiger partial charge in [0.2, 0.25) is 0 Å². The SMILES string of the molecule is OCCc1cc2c(c(N3CCNCC3)c1)OCCO2. The van der Waals surface area contributed by atoms with E-state index in [1.54, 1.807) is 0 Å². The lowest BCUT2D eigenvalue weighted by Gasteiger charge is -2.33. The van der Waals surface area contributed by atoms with Crippen LogP contribution in [0.1, 0.15) is 5.56 Å². The third kappa shape index (κ3) is 2.62. The summed E-state index contributed by atoms with van der Waals surface area (Å²) in [6.07, 6.45) is 0.649. The normalized spacial score (nSPS) is 18.5. The maximum atomic E-state index is 9.13. The van der Waals surface area contributed by atoms with Crippen LogP contribution in [0.4, 0.5) is 5.69 Å². The van der Waals surface area contributed by atoms with E-state index in [0.29, 0.717) is 19.6 Å². The first-order chi connectivity index (χ1) is 9.38. The molecule has 1 fully saturated rings. The number of nitrogens with zero attached hydrogens (tertiary/aromatic N) is 1. The largest absolute Gasteiger partial charge is 0.486 e. The summed E-state index contributed by atoms with van der Waals surface area (Å²) in [6.45, 7) is 5.26. The zero-order valence-electron chi connectivity index (χ0n) is 11.0. The van der Waals surface area contributed by atoms with E-state index >= 15 is 0 Å². The van der Waals surface area contributed by atoms with Crippen molar-refractivity contribution in [2.24, 2.45) is 0 Å². The Morgan fingerprint density at radius 1 is 1.16 bits per heavy atom. The van der Waals surface area contributed by atoms with E-state index in [4.69, 9.17) is 14.6 Å². The molecule has 1 aromatic carbocycles. The molecule has 0 aliphatic carbocycles. The van der Waals surface area contributed by atoms with E-state index in [2.05, 4.69) is 16.3 Å². The molecule has 2 heterocycles. The van der Waals surface area contributed by atoms with Gasteiger partial charge in [0.1, 0.15) is 13.2 Å². The van der Waals surface area contributed by atoms with Gasteiger partial charge in [-0.25, -0.2) is 0 Å². The van der Waals surface area contributed by atoms with Gasteiger partial charge in [0.25, 0.3) is 0 Å². The van der Waals surface area contributed by atoms with Gasteiger partial charge in [-0.05, 0) is 24.1 Å². The molecular weight excluding hydrogens is 244 g/mol. The van der Waals surface area contributed by atoms with Gasteiger partial charge in [0, 0.05) is 32.8 Å². The summed E-state index contributed by atoms with van der Waals surface area (Å²) in [4.78, 5) is 2.32. The number of rotatable bonds is 3. The van der Waals surface area contributed by atoms with E-state index in [1.165, 1.54) is 0 Å². The summed E-state index contributed by atoms with van der Waals surface area (Å²) < 4.78 is 11.5. The molecular formula is C14H20N2O3. The minimum Gasteiger partial charge on any atom is -0.486 e. The molecule has 5 nitrogen and oxygen atoms in total. The topological polar surface area (TPSA) is 54.0 Å². The third-order valence-corrected chi connectivity index (χ3v) is 3.54. The van der Waals surface area contributed by atoms with E-state index < -0.39 is 0 Å². The molecule has 0 spiro atoms. The molecule has 0 aromatic heterocycles. The van der Waals surface area contributed by atoms with Crippen LogP contribution >= 0.6 is 0 Å². The monoisotopic (exact) mass is 264 g/mol. The maximum Gasteiger partial charge on any atom is 0.184 e. The second-order valence-corrected chi connectivity index (χ2v) is 4.85. The van der Waals surface area contributed by atoms with Gasteiger partial charge in [0.05, 0.1) is 5.69 Å². The average Bonchev–Trinajstić information content (AvgIpc) is 2.48. The van der Waals surface area contributed by atoms with Crippen molar-refractivity contribution >= 4 is 5.69 Å². The fourth-order valence-electron chi connectivity index (χ4n) is 2.60. The van der Waals surface area contributed by atoms with Gasteiger partial charge in [-0.3, -0.25) is 0 Å². The molecule has 0 unspecified atom stereocenters. The first-order valence-corrected chi connectivity index (χ1v) is 6.87. The minimum atomic E-state index is 0.153. The number of piperazine rings is 1. The smallest absolute Gasteiger partial charge is 0.184 e. The van der Waals surface area contributed by atoms with Crippen LogP contribution in [-0.4, -0.2) is 51.1 Å². The van der Waals surface area contributed by atoms with Crippen LogP contribution in [0.5, 0.6) is 11.5 Å². The molecule has 3 rings (SSSR count). The highest BCUT2D eigenvalue weighted by Crippen LogP contribution is 2.41. The molecule has 1 aromatic rings. The van der Waals surface area contributed by atoms with Crippen molar-refractivity contribution in [3.05, 3.63) is 17.7 Å². The Morgan fingerprint density at radius 3 is 2.74 bits per heavy atom. The lowest BCUT2D eigenvalue weighted by Crippen LogP contribution is -2.43. The molecule has 0 atom stereocenters. The van der Waals surface area contributed by atoms with Crippen LogP contribution in [0.25, 0.3) is 0 Å². The molecule has 1 saturated heterocycles. The van der Waals surface area contributed by atoms with E-state index in [1.807, 2.05) is 6.07 Å². The standard InChI is InChI=1S/C14H20N2O3/c17-6-1-11-9-12(16-4-2-15-3-5-16)14-13(10-11)18-7-8-19-14/h9-10,15,17H,1-8H2. The number of benzene rings is 1. The van der Waals surface area contributed by atoms with E-state index in [9.17, 15) is 0 Å². The molecule has 0 saturated carbocycles. The second-order valence-electron chi connectivity index (χ2n) is 4.85. The Bertz CT molecular complexity index is 445. The number of anilines is 1. The summed E-state index contributed by atoms with van der Waals surface area (Å²) in [6, 6.07) is 4.10. The first-order valence-electron chi connectivity index (χ1n) is 6.87. The van der Waals surface area contributed by atoms with Crippen molar-refractivity contribution in [2.45, 2.75) is 6.42 Å².